The molecule has 1 saturated heterocycles. The van der Waals surface area contributed by atoms with Crippen molar-refractivity contribution in [1.29, 1.82) is 0 Å². The second kappa shape index (κ2) is 7.13. The highest BCUT2D eigenvalue weighted by Crippen LogP contribution is 2.35. The van der Waals surface area contributed by atoms with Gasteiger partial charge in [-0.15, -0.1) is 0 Å². The summed E-state index contributed by atoms with van der Waals surface area (Å²) < 4.78 is 7.43. The van der Waals surface area contributed by atoms with Crippen LogP contribution in [0.2, 0.25) is 0 Å². The van der Waals surface area contributed by atoms with Crippen LogP contribution in [0.15, 0.2) is 28.8 Å². The van der Waals surface area contributed by atoms with E-state index in [4.69, 9.17) is 4.42 Å². The quantitative estimate of drug-likeness (QED) is 0.868. The van der Waals surface area contributed by atoms with Crippen molar-refractivity contribution in [2.45, 2.75) is 39.2 Å². The summed E-state index contributed by atoms with van der Waals surface area (Å²) in [5.41, 5.74) is 0. The lowest BCUT2D eigenvalue weighted by atomic mass is 9.91. The number of piperidine rings is 1. The van der Waals surface area contributed by atoms with Gasteiger partial charge in [0, 0.05) is 32.3 Å². The molecule has 1 aliphatic heterocycles. The summed E-state index contributed by atoms with van der Waals surface area (Å²) in [7, 11) is 1.75. The molecule has 2 amide bonds. The van der Waals surface area contributed by atoms with E-state index in [9.17, 15) is 9.59 Å². The molecule has 7 heteroatoms. The van der Waals surface area contributed by atoms with Crippen molar-refractivity contribution in [3.8, 4) is 0 Å². The predicted octanol–water partition coefficient (Wildman–Crippen LogP) is 2.51. The molecule has 0 radical (unpaired) electrons. The van der Waals surface area contributed by atoms with Crippen molar-refractivity contribution < 1.29 is 14.0 Å². The van der Waals surface area contributed by atoms with Crippen molar-refractivity contribution in [2.24, 2.45) is 13.0 Å². The van der Waals surface area contributed by atoms with Crippen molar-refractivity contribution in [3.63, 3.8) is 0 Å². The van der Waals surface area contributed by atoms with Crippen molar-refractivity contribution in [1.82, 2.24) is 14.7 Å². The van der Waals surface area contributed by atoms with Crippen LogP contribution in [0.4, 0.5) is 5.82 Å². The highest BCUT2D eigenvalue weighted by Gasteiger charge is 2.35. The van der Waals surface area contributed by atoms with Crippen molar-refractivity contribution in [3.05, 3.63) is 35.9 Å². The number of likely N-dealkylation sites (tertiary alicyclic amines) is 1. The molecule has 1 fully saturated rings. The number of carbonyl (C=O) groups is 2. The molecular formula is C18H24N4O3. The van der Waals surface area contributed by atoms with E-state index in [1.54, 1.807) is 28.9 Å². The predicted molar refractivity (Wildman–Crippen MR) is 92.8 cm³/mol. The van der Waals surface area contributed by atoms with Crippen LogP contribution in [0, 0.1) is 5.92 Å². The Labute approximate surface area is 147 Å². The van der Waals surface area contributed by atoms with Gasteiger partial charge in [-0.3, -0.25) is 14.3 Å². The highest BCUT2D eigenvalue weighted by molar-refractivity contribution is 6.39. The first kappa shape index (κ1) is 17.3. The summed E-state index contributed by atoms with van der Waals surface area (Å²) in [4.78, 5) is 26.7. The molecule has 1 N–H and O–H groups in total. The molecule has 0 unspecified atom stereocenters. The Hall–Kier alpha value is -2.57. The number of rotatable bonds is 3. The van der Waals surface area contributed by atoms with Gasteiger partial charge in [0.2, 0.25) is 0 Å². The number of hydrogen-bond acceptors (Lipinski definition) is 4. The van der Waals surface area contributed by atoms with Crippen LogP contribution >= 0.6 is 0 Å². The number of furan rings is 1. The zero-order valence-corrected chi connectivity index (χ0v) is 14.9. The average molecular weight is 344 g/mol. The summed E-state index contributed by atoms with van der Waals surface area (Å²) in [6.07, 6.45) is 4.18. The number of nitrogens with one attached hydrogen (secondary N) is 1. The topological polar surface area (TPSA) is 80.4 Å². The van der Waals surface area contributed by atoms with Gasteiger partial charge < -0.3 is 14.6 Å². The van der Waals surface area contributed by atoms with Crippen LogP contribution in [0.1, 0.15) is 44.3 Å². The monoisotopic (exact) mass is 344 g/mol. The minimum atomic E-state index is -0.666. The Morgan fingerprint density at radius 3 is 2.80 bits per heavy atom. The minimum absolute atomic E-state index is 0.203. The first-order valence-corrected chi connectivity index (χ1v) is 8.68. The Morgan fingerprint density at radius 1 is 1.36 bits per heavy atom. The van der Waals surface area contributed by atoms with Gasteiger partial charge >= 0.3 is 11.8 Å². The van der Waals surface area contributed by atoms with E-state index in [1.807, 2.05) is 19.1 Å². The number of aromatic nitrogens is 2. The molecule has 7 nitrogen and oxygen atoms in total. The van der Waals surface area contributed by atoms with Crippen LogP contribution < -0.4 is 5.32 Å². The average Bonchev–Trinajstić information content (AvgIpc) is 3.23. The van der Waals surface area contributed by atoms with Gasteiger partial charge in [-0.2, -0.15) is 5.10 Å². The molecule has 25 heavy (non-hydrogen) atoms. The van der Waals surface area contributed by atoms with Gasteiger partial charge in [0.05, 0.1) is 6.04 Å². The number of nitrogens with zero attached hydrogens (tertiary/aromatic N) is 3. The Balaban J connectivity index is 1.76. The third-order valence-corrected chi connectivity index (χ3v) is 4.63. The Bertz CT molecular complexity index is 764. The normalized spacial score (nSPS) is 20.5. The number of carbonyl (C=O) groups excluding carboxylic acids is 2. The third kappa shape index (κ3) is 3.75. The molecule has 0 spiro atoms. The first-order chi connectivity index (χ1) is 12.0. The lowest BCUT2D eigenvalue weighted by Crippen LogP contribution is -2.45. The van der Waals surface area contributed by atoms with Crippen LogP contribution in [0.5, 0.6) is 0 Å². The third-order valence-electron chi connectivity index (χ3n) is 4.63. The van der Waals surface area contributed by atoms with Crippen LogP contribution in [0.3, 0.4) is 0 Å². The van der Waals surface area contributed by atoms with E-state index in [-0.39, 0.29) is 6.04 Å². The van der Waals surface area contributed by atoms with Crippen molar-refractivity contribution in [2.75, 3.05) is 11.9 Å². The molecule has 0 aromatic carbocycles. The first-order valence-electron chi connectivity index (χ1n) is 8.68. The number of anilines is 1. The molecule has 2 aromatic rings. The molecule has 134 valence electrons. The Morgan fingerprint density at radius 2 is 2.16 bits per heavy atom. The van der Waals surface area contributed by atoms with Crippen molar-refractivity contribution >= 4 is 17.6 Å². The Kier molecular flexibility index (Phi) is 4.92. The second-order valence-electron chi connectivity index (χ2n) is 6.63. The standard InChI is InChI=1S/C18H24N4O3/c1-4-13-5-6-15(25-13)14-11-12(2)7-10-22(14)18(24)17(23)19-16-8-9-21(3)20-16/h5-6,8-9,12,14H,4,7,10-11H2,1-3H3,(H,19,20,23)/t12-,14+/m1/s1. The molecule has 0 aliphatic carbocycles. The van der Waals surface area contributed by atoms with E-state index < -0.39 is 11.8 Å². The van der Waals surface area contributed by atoms with Gasteiger partial charge in [-0.05, 0) is 30.9 Å². The smallest absolute Gasteiger partial charge is 0.315 e. The molecule has 1 aliphatic rings. The van der Waals surface area contributed by atoms with E-state index in [0.29, 0.717) is 18.3 Å². The molecule has 0 bridgehead atoms. The summed E-state index contributed by atoms with van der Waals surface area (Å²) in [5.74, 6) is 1.27. The van der Waals surface area contributed by atoms with E-state index >= 15 is 0 Å². The summed E-state index contributed by atoms with van der Waals surface area (Å²) >= 11 is 0. The minimum Gasteiger partial charge on any atom is -0.464 e. The zero-order valence-electron chi connectivity index (χ0n) is 14.9. The number of amides is 2. The number of hydrogen-bond donors (Lipinski definition) is 1. The van der Waals surface area contributed by atoms with Crippen LogP contribution in [-0.2, 0) is 23.1 Å². The fourth-order valence-corrected chi connectivity index (χ4v) is 3.20. The lowest BCUT2D eigenvalue weighted by molar-refractivity contribution is -0.146. The summed E-state index contributed by atoms with van der Waals surface area (Å²) in [6.45, 7) is 4.73. The molecule has 2 atom stereocenters. The van der Waals surface area contributed by atoms with E-state index in [1.165, 1.54) is 0 Å². The van der Waals surface area contributed by atoms with Gasteiger partial charge in [0.1, 0.15) is 11.5 Å². The molecule has 0 saturated carbocycles. The molecule has 3 heterocycles. The molecule has 3 rings (SSSR count). The summed E-state index contributed by atoms with van der Waals surface area (Å²) in [5, 5.41) is 6.64. The fraction of sp³-hybridized carbons (Fsp3) is 0.500. The highest BCUT2D eigenvalue weighted by atomic mass is 16.3. The maximum atomic E-state index is 12.7. The maximum Gasteiger partial charge on any atom is 0.315 e. The van der Waals surface area contributed by atoms with Gasteiger partial charge in [-0.1, -0.05) is 13.8 Å². The largest absolute Gasteiger partial charge is 0.464 e. The van der Waals surface area contributed by atoms with Gasteiger partial charge in [0.15, 0.2) is 5.82 Å². The van der Waals surface area contributed by atoms with Gasteiger partial charge in [-0.25, -0.2) is 0 Å². The number of aryl methyl sites for hydroxylation is 2. The second-order valence-corrected chi connectivity index (χ2v) is 6.63. The van der Waals surface area contributed by atoms with E-state index in [0.717, 1.165) is 30.8 Å². The maximum absolute atomic E-state index is 12.7. The van der Waals surface area contributed by atoms with Gasteiger partial charge in [0.25, 0.3) is 0 Å². The summed E-state index contributed by atoms with van der Waals surface area (Å²) in [6, 6.07) is 5.30. The molecule has 2 aromatic heterocycles. The lowest BCUT2D eigenvalue weighted by Gasteiger charge is -2.36. The van der Waals surface area contributed by atoms with Crippen LogP contribution in [0.25, 0.3) is 0 Å². The SMILES string of the molecule is CCc1ccc([C@@H]2C[C@H](C)CCN2C(=O)C(=O)Nc2ccn(C)n2)o1. The molecular weight excluding hydrogens is 320 g/mol. The zero-order chi connectivity index (χ0) is 18.0. The van der Waals surface area contributed by atoms with E-state index in [2.05, 4.69) is 17.3 Å². The fourth-order valence-electron chi connectivity index (χ4n) is 3.20. The van der Waals surface area contributed by atoms with Crippen LogP contribution in [-0.4, -0.2) is 33.0 Å².